The van der Waals surface area contributed by atoms with Gasteiger partial charge >= 0.3 is 6.09 Å². The third-order valence-electron chi connectivity index (χ3n) is 3.56. The normalized spacial score (nSPS) is 20.5. The highest BCUT2D eigenvalue weighted by molar-refractivity contribution is 9.10. The maximum atomic E-state index is 12.8. The molecule has 0 aliphatic carbocycles. The summed E-state index contributed by atoms with van der Waals surface area (Å²) >= 11 is 3.31. The second-order valence-electron chi connectivity index (χ2n) is 5.10. The minimum absolute atomic E-state index is 0.172. The Kier molecular flexibility index (Phi) is 4.60. The van der Waals surface area contributed by atoms with Crippen molar-refractivity contribution in [3.63, 3.8) is 0 Å². The van der Waals surface area contributed by atoms with Crippen molar-refractivity contribution in [2.45, 2.75) is 24.8 Å². The Morgan fingerprint density at radius 1 is 1.38 bits per heavy atom. The minimum atomic E-state index is -3.61. The number of nitrogens with zero attached hydrogens (tertiary/aromatic N) is 2. The molecule has 0 unspecified atom stereocenters. The summed E-state index contributed by atoms with van der Waals surface area (Å²) in [4.78, 5) is 12.5. The predicted octanol–water partition coefficient (Wildman–Crippen LogP) is 2.13. The monoisotopic (exact) mass is 376 g/mol. The van der Waals surface area contributed by atoms with E-state index in [4.69, 9.17) is 5.11 Å². The molecule has 0 bridgehead atoms. The topological polar surface area (TPSA) is 77.9 Å². The number of sulfonamides is 1. The molecule has 0 radical (unpaired) electrons. The molecule has 1 aromatic carbocycles. The van der Waals surface area contributed by atoms with Gasteiger partial charge in [0.25, 0.3) is 0 Å². The van der Waals surface area contributed by atoms with Crippen LogP contribution in [0.4, 0.5) is 4.79 Å². The van der Waals surface area contributed by atoms with Crippen molar-refractivity contribution < 1.29 is 18.3 Å². The zero-order chi connectivity index (χ0) is 15.8. The molecule has 0 aromatic heterocycles. The van der Waals surface area contributed by atoms with E-state index in [9.17, 15) is 13.2 Å². The van der Waals surface area contributed by atoms with Gasteiger partial charge in [0.15, 0.2) is 0 Å². The molecule has 116 valence electrons. The molecule has 1 amide bonds. The number of aryl methyl sites for hydroxylation is 1. The Morgan fingerprint density at radius 2 is 2.05 bits per heavy atom. The van der Waals surface area contributed by atoms with Crippen LogP contribution in [0.25, 0.3) is 0 Å². The number of hydrogen-bond acceptors (Lipinski definition) is 3. The van der Waals surface area contributed by atoms with Crippen LogP contribution >= 0.6 is 15.9 Å². The SMILES string of the molecule is Cc1cc(Br)ccc1S(=O)(=O)N1CCN(C(=O)O)C[C@@H]1C. The first kappa shape index (κ1) is 16.3. The van der Waals surface area contributed by atoms with Gasteiger partial charge in [-0.3, -0.25) is 0 Å². The fraction of sp³-hybridized carbons (Fsp3) is 0.462. The fourth-order valence-corrected chi connectivity index (χ4v) is 4.80. The highest BCUT2D eigenvalue weighted by atomic mass is 79.9. The van der Waals surface area contributed by atoms with E-state index in [0.29, 0.717) is 5.56 Å². The van der Waals surface area contributed by atoms with E-state index in [1.165, 1.54) is 9.21 Å². The van der Waals surface area contributed by atoms with Gasteiger partial charge in [0.05, 0.1) is 4.90 Å². The van der Waals surface area contributed by atoms with Crippen LogP contribution in [0.5, 0.6) is 0 Å². The minimum Gasteiger partial charge on any atom is -0.465 e. The smallest absolute Gasteiger partial charge is 0.407 e. The molecule has 6 nitrogen and oxygen atoms in total. The summed E-state index contributed by atoms with van der Waals surface area (Å²) < 4.78 is 27.7. The van der Waals surface area contributed by atoms with Crippen LogP contribution in [0.1, 0.15) is 12.5 Å². The van der Waals surface area contributed by atoms with Crippen LogP contribution in [0.15, 0.2) is 27.6 Å². The number of carboxylic acid groups (broad SMARTS) is 1. The third kappa shape index (κ3) is 3.22. The molecule has 1 atom stereocenters. The molecular weight excluding hydrogens is 360 g/mol. The van der Waals surface area contributed by atoms with Gasteiger partial charge in [0, 0.05) is 30.1 Å². The Morgan fingerprint density at radius 3 is 2.57 bits per heavy atom. The second-order valence-corrected chi connectivity index (χ2v) is 7.88. The number of piperazine rings is 1. The second kappa shape index (κ2) is 5.94. The van der Waals surface area contributed by atoms with Crippen molar-refractivity contribution in [3.05, 3.63) is 28.2 Å². The van der Waals surface area contributed by atoms with E-state index >= 15 is 0 Å². The molecular formula is C13H17BrN2O4S. The Bertz CT molecular complexity index is 662. The summed E-state index contributed by atoms with van der Waals surface area (Å²) in [6, 6.07) is 4.64. The van der Waals surface area contributed by atoms with E-state index in [1.807, 2.05) is 0 Å². The zero-order valence-electron chi connectivity index (χ0n) is 11.8. The summed E-state index contributed by atoms with van der Waals surface area (Å²) in [7, 11) is -3.61. The molecule has 1 N–H and O–H groups in total. The summed E-state index contributed by atoms with van der Waals surface area (Å²) in [6.45, 7) is 4.01. The van der Waals surface area contributed by atoms with E-state index in [1.54, 1.807) is 32.0 Å². The van der Waals surface area contributed by atoms with Crippen LogP contribution in [-0.2, 0) is 10.0 Å². The number of carbonyl (C=O) groups is 1. The highest BCUT2D eigenvalue weighted by Crippen LogP contribution is 2.26. The molecule has 1 aliphatic rings. The lowest BCUT2D eigenvalue weighted by Crippen LogP contribution is -2.55. The average Bonchev–Trinajstić information content (AvgIpc) is 2.37. The first-order valence-electron chi connectivity index (χ1n) is 6.49. The Labute approximate surface area is 132 Å². The molecule has 0 saturated carbocycles. The van der Waals surface area contributed by atoms with Gasteiger partial charge in [-0.1, -0.05) is 15.9 Å². The first-order chi connectivity index (χ1) is 9.73. The van der Waals surface area contributed by atoms with Crippen LogP contribution < -0.4 is 0 Å². The molecule has 1 saturated heterocycles. The number of hydrogen-bond donors (Lipinski definition) is 1. The lowest BCUT2D eigenvalue weighted by atomic mass is 10.2. The van der Waals surface area contributed by atoms with Gasteiger partial charge < -0.3 is 10.0 Å². The molecule has 1 heterocycles. The molecule has 21 heavy (non-hydrogen) atoms. The van der Waals surface area contributed by atoms with Crippen molar-refractivity contribution in [1.82, 2.24) is 9.21 Å². The van der Waals surface area contributed by atoms with Gasteiger partial charge in [-0.15, -0.1) is 0 Å². The fourth-order valence-electron chi connectivity index (χ4n) is 2.50. The van der Waals surface area contributed by atoms with Gasteiger partial charge in [-0.05, 0) is 37.6 Å². The van der Waals surface area contributed by atoms with E-state index in [-0.39, 0.29) is 30.6 Å². The quantitative estimate of drug-likeness (QED) is 0.857. The van der Waals surface area contributed by atoms with Crippen molar-refractivity contribution in [3.8, 4) is 0 Å². The highest BCUT2D eigenvalue weighted by Gasteiger charge is 2.35. The summed E-state index contributed by atoms with van der Waals surface area (Å²) in [5.74, 6) is 0. The summed E-state index contributed by atoms with van der Waals surface area (Å²) in [5.41, 5.74) is 0.664. The Balaban J connectivity index is 2.30. The number of rotatable bonds is 2. The number of benzene rings is 1. The molecule has 1 aromatic rings. The zero-order valence-corrected chi connectivity index (χ0v) is 14.2. The van der Waals surface area contributed by atoms with Gasteiger partial charge in [-0.25, -0.2) is 13.2 Å². The first-order valence-corrected chi connectivity index (χ1v) is 8.72. The van der Waals surface area contributed by atoms with E-state index in [2.05, 4.69) is 15.9 Å². The van der Waals surface area contributed by atoms with Crippen molar-refractivity contribution >= 4 is 32.0 Å². The molecule has 0 spiro atoms. The standard InChI is InChI=1S/C13H17BrN2O4S/c1-9-7-11(14)3-4-12(9)21(19,20)16-6-5-15(13(17)18)8-10(16)2/h3-4,7,10H,5-6,8H2,1-2H3,(H,17,18)/t10-/m0/s1. The van der Waals surface area contributed by atoms with E-state index in [0.717, 1.165) is 4.47 Å². The summed E-state index contributed by atoms with van der Waals surface area (Å²) in [6.07, 6.45) is -1.02. The predicted molar refractivity (Wildman–Crippen MR) is 81.8 cm³/mol. The van der Waals surface area contributed by atoms with E-state index < -0.39 is 16.1 Å². The van der Waals surface area contributed by atoms with Gasteiger partial charge in [-0.2, -0.15) is 4.31 Å². The maximum absolute atomic E-state index is 12.8. The molecule has 1 fully saturated rings. The van der Waals surface area contributed by atoms with Gasteiger partial charge in [0.1, 0.15) is 0 Å². The van der Waals surface area contributed by atoms with Crippen LogP contribution in [0.2, 0.25) is 0 Å². The lowest BCUT2D eigenvalue weighted by Gasteiger charge is -2.37. The van der Waals surface area contributed by atoms with Crippen LogP contribution in [-0.4, -0.2) is 54.5 Å². The summed E-state index contributed by atoms with van der Waals surface area (Å²) in [5, 5.41) is 8.99. The number of halogens is 1. The van der Waals surface area contributed by atoms with Gasteiger partial charge in [0.2, 0.25) is 10.0 Å². The number of amides is 1. The average molecular weight is 377 g/mol. The third-order valence-corrected chi connectivity index (χ3v) is 6.23. The molecule has 8 heteroatoms. The van der Waals surface area contributed by atoms with Crippen molar-refractivity contribution in [1.29, 1.82) is 0 Å². The molecule has 1 aliphatic heterocycles. The van der Waals surface area contributed by atoms with Crippen molar-refractivity contribution in [2.75, 3.05) is 19.6 Å². The van der Waals surface area contributed by atoms with Crippen LogP contribution in [0.3, 0.4) is 0 Å². The largest absolute Gasteiger partial charge is 0.465 e. The van der Waals surface area contributed by atoms with Crippen molar-refractivity contribution in [2.24, 2.45) is 0 Å². The Hall–Kier alpha value is -1.12. The molecule has 2 rings (SSSR count). The maximum Gasteiger partial charge on any atom is 0.407 e. The lowest BCUT2D eigenvalue weighted by molar-refractivity contribution is 0.109. The van der Waals surface area contributed by atoms with Crippen LogP contribution in [0, 0.1) is 6.92 Å².